The van der Waals surface area contributed by atoms with Crippen LogP contribution >= 0.6 is 0 Å². The lowest BCUT2D eigenvalue weighted by atomic mass is 9.95. The van der Waals surface area contributed by atoms with Crippen molar-refractivity contribution in [1.82, 2.24) is 0 Å². The molecular weight excluding hydrogens is 536 g/mol. The fourth-order valence-corrected chi connectivity index (χ4v) is 4.31. The van der Waals surface area contributed by atoms with Crippen molar-refractivity contribution in [2.75, 3.05) is 26.4 Å². The molecule has 0 spiro atoms. The molecule has 0 aromatic heterocycles. The molecule has 0 bridgehead atoms. The molecule has 0 aliphatic carbocycles. The van der Waals surface area contributed by atoms with E-state index < -0.39 is 35.7 Å². The van der Waals surface area contributed by atoms with E-state index in [0.29, 0.717) is 0 Å². The average molecular weight is 591 g/mol. The van der Waals surface area contributed by atoms with Crippen LogP contribution in [0.4, 0.5) is 0 Å². The van der Waals surface area contributed by atoms with Gasteiger partial charge >= 0.3 is 23.9 Å². The molecule has 1 rings (SSSR count). The smallest absolute Gasteiger partial charge is 0.320 e. The van der Waals surface area contributed by atoms with Gasteiger partial charge in [-0.3, -0.25) is 19.2 Å². The topological polar surface area (TPSA) is 105 Å². The van der Waals surface area contributed by atoms with Gasteiger partial charge in [-0.25, -0.2) is 0 Å². The second-order valence-electron chi connectivity index (χ2n) is 10.8. The molecule has 0 amide bonds. The SMILES string of the molecule is CCCCCOC(=O)C(Cc1ccc(CC(C(=O)OCCCCC)C(=O)OCCCCC)cc1)C(=O)OCCCCC. The van der Waals surface area contributed by atoms with Gasteiger partial charge in [0, 0.05) is 0 Å². The molecule has 0 heterocycles. The van der Waals surface area contributed by atoms with Crippen LogP contribution in [0.1, 0.15) is 116 Å². The average Bonchev–Trinajstić information content (AvgIpc) is 2.99. The van der Waals surface area contributed by atoms with Crippen LogP contribution in [0.3, 0.4) is 0 Å². The molecule has 238 valence electrons. The number of ether oxygens (including phenoxy) is 4. The van der Waals surface area contributed by atoms with Crippen LogP contribution in [-0.4, -0.2) is 50.3 Å². The molecule has 0 aliphatic heterocycles. The molecule has 8 nitrogen and oxygen atoms in total. The van der Waals surface area contributed by atoms with Crippen LogP contribution in [0.15, 0.2) is 24.3 Å². The van der Waals surface area contributed by atoms with E-state index in [-0.39, 0.29) is 39.3 Å². The fraction of sp³-hybridized carbons (Fsp3) is 0.706. The first-order chi connectivity index (χ1) is 20.4. The predicted octanol–water partition coefficient (Wildman–Crippen LogP) is 6.94. The van der Waals surface area contributed by atoms with Gasteiger partial charge < -0.3 is 18.9 Å². The maximum atomic E-state index is 12.8. The Morgan fingerprint density at radius 3 is 0.905 bits per heavy atom. The molecule has 0 unspecified atom stereocenters. The van der Waals surface area contributed by atoms with Crippen molar-refractivity contribution in [2.24, 2.45) is 11.8 Å². The third-order valence-electron chi connectivity index (χ3n) is 7.01. The molecule has 0 fully saturated rings. The summed E-state index contributed by atoms with van der Waals surface area (Å²) in [7, 11) is 0. The first-order valence-electron chi connectivity index (χ1n) is 16.1. The zero-order valence-electron chi connectivity index (χ0n) is 26.5. The minimum Gasteiger partial charge on any atom is -0.465 e. The Kier molecular flexibility index (Phi) is 20.9. The lowest BCUT2D eigenvalue weighted by Gasteiger charge is -2.17. The Labute approximate surface area is 253 Å². The summed E-state index contributed by atoms with van der Waals surface area (Å²) in [6.07, 6.45) is 11.1. The van der Waals surface area contributed by atoms with Crippen molar-refractivity contribution in [3.05, 3.63) is 35.4 Å². The van der Waals surface area contributed by atoms with E-state index in [0.717, 1.165) is 88.2 Å². The first kappa shape index (κ1) is 37.1. The van der Waals surface area contributed by atoms with Crippen molar-refractivity contribution in [3.8, 4) is 0 Å². The summed E-state index contributed by atoms with van der Waals surface area (Å²) < 4.78 is 21.6. The van der Waals surface area contributed by atoms with Gasteiger partial charge in [-0.15, -0.1) is 0 Å². The van der Waals surface area contributed by atoms with Gasteiger partial charge in [0.05, 0.1) is 26.4 Å². The van der Waals surface area contributed by atoms with Crippen LogP contribution in [0.2, 0.25) is 0 Å². The number of carbonyl (C=O) groups excluding carboxylic acids is 4. The van der Waals surface area contributed by atoms with Gasteiger partial charge in [0.25, 0.3) is 0 Å². The summed E-state index contributed by atoms with van der Waals surface area (Å²) in [4.78, 5) is 51.3. The minimum absolute atomic E-state index is 0.141. The second kappa shape index (κ2) is 23.6. The van der Waals surface area contributed by atoms with Crippen LogP contribution in [-0.2, 0) is 51.0 Å². The molecular formula is C34H54O8. The van der Waals surface area contributed by atoms with E-state index in [2.05, 4.69) is 27.7 Å². The number of hydrogen-bond acceptors (Lipinski definition) is 8. The standard InChI is InChI=1S/C34H54O8/c1-5-9-13-21-39-31(35)29(32(36)40-22-14-10-6-2)25-27-17-19-28(20-18-27)26-30(33(37)41-23-15-11-7-3)34(38)42-24-16-12-8-4/h17-20,29-30H,5-16,21-26H2,1-4H3. The maximum absolute atomic E-state index is 12.8. The Balaban J connectivity index is 2.93. The Bertz CT molecular complexity index is 774. The van der Waals surface area contributed by atoms with Crippen molar-refractivity contribution < 1.29 is 38.1 Å². The molecule has 0 N–H and O–H groups in total. The lowest BCUT2D eigenvalue weighted by Crippen LogP contribution is -2.31. The van der Waals surface area contributed by atoms with E-state index in [9.17, 15) is 19.2 Å². The van der Waals surface area contributed by atoms with Gasteiger partial charge in [-0.05, 0) is 49.7 Å². The molecule has 0 radical (unpaired) electrons. The van der Waals surface area contributed by atoms with Crippen molar-refractivity contribution in [1.29, 1.82) is 0 Å². The number of rotatable bonds is 24. The number of benzene rings is 1. The van der Waals surface area contributed by atoms with Crippen LogP contribution in [0, 0.1) is 11.8 Å². The minimum atomic E-state index is -1.05. The summed E-state index contributed by atoms with van der Waals surface area (Å²) in [5.74, 6) is -4.41. The number of hydrogen-bond donors (Lipinski definition) is 0. The van der Waals surface area contributed by atoms with Crippen LogP contribution in [0.5, 0.6) is 0 Å². The normalized spacial score (nSPS) is 11.0. The highest BCUT2D eigenvalue weighted by molar-refractivity contribution is 5.95. The molecule has 0 atom stereocenters. The van der Waals surface area contributed by atoms with Gasteiger partial charge in [0.15, 0.2) is 11.8 Å². The molecule has 0 saturated heterocycles. The van der Waals surface area contributed by atoms with Gasteiger partial charge in [0.2, 0.25) is 0 Å². The summed E-state index contributed by atoms with van der Waals surface area (Å²) >= 11 is 0. The van der Waals surface area contributed by atoms with Crippen molar-refractivity contribution >= 4 is 23.9 Å². The Hall–Kier alpha value is -2.90. The zero-order chi connectivity index (χ0) is 31.0. The molecule has 8 heteroatoms. The molecule has 42 heavy (non-hydrogen) atoms. The number of unbranched alkanes of at least 4 members (excludes halogenated alkanes) is 8. The fourth-order valence-electron chi connectivity index (χ4n) is 4.31. The summed E-state index contributed by atoms with van der Waals surface area (Å²) in [6, 6.07) is 7.20. The Morgan fingerprint density at radius 1 is 0.452 bits per heavy atom. The zero-order valence-corrected chi connectivity index (χ0v) is 26.5. The second-order valence-corrected chi connectivity index (χ2v) is 10.8. The van der Waals surface area contributed by atoms with E-state index in [1.165, 1.54) is 0 Å². The number of esters is 4. The number of carbonyl (C=O) groups is 4. The quantitative estimate of drug-likeness (QED) is 0.0552. The van der Waals surface area contributed by atoms with E-state index in [4.69, 9.17) is 18.9 Å². The summed E-state index contributed by atoms with van der Waals surface area (Å²) in [5.41, 5.74) is 1.50. The van der Waals surface area contributed by atoms with Gasteiger partial charge in [-0.1, -0.05) is 103 Å². The highest BCUT2D eigenvalue weighted by Gasteiger charge is 2.32. The van der Waals surface area contributed by atoms with Gasteiger partial charge in [0.1, 0.15) is 0 Å². The van der Waals surface area contributed by atoms with Crippen molar-refractivity contribution in [2.45, 2.75) is 118 Å². The maximum Gasteiger partial charge on any atom is 0.320 e. The van der Waals surface area contributed by atoms with Crippen LogP contribution < -0.4 is 0 Å². The largest absolute Gasteiger partial charge is 0.465 e. The summed E-state index contributed by atoms with van der Waals surface area (Å²) in [5, 5.41) is 0. The van der Waals surface area contributed by atoms with Crippen molar-refractivity contribution in [3.63, 3.8) is 0 Å². The van der Waals surface area contributed by atoms with E-state index >= 15 is 0 Å². The predicted molar refractivity (Wildman–Crippen MR) is 163 cm³/mol. The molecule has 1 aromatic rings. The van der Waals surface area contributed by atoms with E-state index in [1.807, 2.05) is 0 Å². The molecule has 0 aliphatic rings. The Morgan fingerprint density at radius 2 is 0.690 bits per heavy atom. The third-order valence-corrected chi connectivity index (χ3v) is 7.01. The summed E-state index contributed by atoms with van der Waals surface area (Å²) in [6.45, 7) is 9.36. The monoisotopic (exact) mass is 590 g/mol. The lowest BCUT2D eigenvalue weighted by molar-refractivity contribution is -0.164. The van der Waals surface area contributed by atoms with Crippen LogP contribution in [0.25, 0.3) is 0 Å². The molecule has 1 aromatic carbocycles. The first-order valence-corrected chi connectivity index (χ1v) is 16.1. The van der Waals surface area contributed by atoms with Gasteiger partial charge in [-0.2, -0.15) is 0 Å². The molecule has 0 saturated carbocycles. The highest BCUT2D eigenvalue weighted by atomic mass is 16.6. The highest BCUT2D eigenvalue weighted by Crippen LogP contribution is 2.18. The van der Waals surface area contributed by atoms with E-state index in [1.54, 1.807) is 24.3 Å². The third kappa shape index (κ3) is 15.9.